The van der Waals surface area contributed by atoms with Crippen molar-refractivity contribution in [2.24, 2.45) is 0 Å². The van der Waals surface area contributed by atoms with Gasteiger partial charge in [0.1, 0.15) is 0 Å². The lowest BCUT2D eigenvalue weighted by Crippen LogP contribution is -2.38. The van der Waals surface area contributed by atoms with Gasteiger partial charge in [0.15, 0.2) is 0 Å². The Hall–Kier alpha value is -0.570. The summed E-state index contributed by atoms with van der Waals surface area (Å²) in [6.45, 7) is 2.86. The number of carbonyl (C=O) groups excluding carboxylic acids is 1. The summed E-state index contributed by atoms with van der Waals surface area (Å²) in [5.41, 5.74) is 0. The highest BCUT2D eigenvalue weighted by molar-refractivity contribution is 5.73. The monoisotopic (exact) mass is 142 g/mol. The van der Waals surface area contributed by atoms with Crippen LogP contribution in [-0.2, 0) is 9.90 Å². The first-order valence-electron chi connectivity index (χ1n) is 3.61. The van der Waals surface area contributed by atoms with Gasteiger partial charge in [-0.25, -0.2) is 5.11 Å². The second-order valence-electron chi connectivity index (χ2n) is 2.71. The van der Waals surface area contributed by atoms with Gasteiger partial charge >= 0.3 is 0 Å². The number of rotatable bonds is 0. The highest BCUT2D eigenvalue weighted by Crippen LogP contribution is 2.09. The van der Waals surface area contributed by atoms with Crippen LogP contribution in [0.25, 0.3) is 0 Å². The molecule has 1 amide bonds. The molecule has 0 spiro atoms. The lowest BCUT2D eigenvalue weighted by Gasteiger charge is -2.27. The predicted molar refractivity (Wildman–Crippen MR) is 36.0 cm³/mol. The lowest BCUT2D eigenvalue weighted by molar-refractivity contribution is -0.131. The number of nitrogens with zero attached hydrogens (tertiary/aromatic N) is 1. The molecular formula is C7H12NO2. The van der Waals surface area contributed by atoms with Gasteiger partial charge in [0.05, 0.1) is 6.10 Å². The van der Waals surface area contributed by atoms with Crippen LogP contribution < -0.4 is 0 Å². The van der Waals surface area contributed by atoms with Gasteiger partial charge in [-0.15, -0.1) is 0 Å². The van der Waals surface area contributed by atoms with Crippen molar-refractivity contribution in [2.45, 2.75) is 25.9 Å². The number of hydrogen-bond acceptors (Lipinski definition) is 1. The summed E-state index contributed by atoms with van der Waals surface area (Å²) < 4.78 is 0. The minimum Gasteiger partial charge on any atom is -0.343 e. The molecule has 0 aromatic heterocycles. The van der Waals surface area contributed by atoms with Crippen molar-refractivity contribution >= 4 is 5.91 Å². The molecule has 1 radical (unpaired) electrons. The molecule has 0 saturated carbocycles. The van der Waals surface area contributed by atoms with Crippen LogP contribution in [0.4, 0.5) is 0 Å². The van der Waals surface area contributed by atoms with Crippen molar-refractivity contribution < 1.29 is 9.90 Å². The maximum atomic E-state index is 10.8. The molecule has 0 bridgehead atoms. The van der Waals surface area contributed by atoms with E-state index >= 15 is 0 Å². The molecular weight excluding hydrogens is 130 g/mol. The Bertz CT molecular complexity index is 128. The van der Waals surface area contributed by atoms with Gasteiger partial charge in [-0.3, -0.25) is 4.79 Å². The molecule has 1 saturated heterocycles. The average Bonchev–Trinajstić information content (AvgIpc) is 1.88. The molecule has 0 unspecified atom stereocenters. The second kappa shape index (κ2) is 3.01. The molecule has 1 rings (SSSR count). The number of hydrogen-bond donors (Lipinski definition) is 0. The Morgan fingerprint density at radius 1 is 1.40 bits per heavy atom. The maximum absolute atomic E-state index is 10.8. The Balaban J connectivity index is 2.33. The summed E-state index contributed by atoms with van der Waals surface area (Å²) in [7, 11) is 0. The Kier molecular flexibility index (Phi) is 2.27. The van der Waals surface area contributed by atoms with E-state index in [1.807, 2.05) is 0 Å². The summed E-state index contributed by atoms with van der Waals surface area (Å²) in [5.74, 6) is 0.0897. The molecule has 0 aliphatic carbocycles. The highest BCUT2D eigenvalue weighted by atomic mass is 16.3. The molecule has 1 aliphatic rings. The second-order valence-corrected chi connectivity index (χ2v) is 2.71. The van der Waals surface area contributed by atoms with Gasteiger partial charge in [-0.05, 0) is 12.8 Å². The zero-order chi connectivity index (χ0) is 7.56. The molecule has 57 valence electrons. The first-order valence-corrected chi connectivity index (χ1v) is 3.61. The molecule has 0 N–H and O–H groups in total. The van der Waals surface area contributed by atoms with Crippen LogP contribution in [-0.4, -0.2) is 30.0 Å². The van der Waals surface area contributed by atoms with Crippen LogP contribution in [0, 0.1) is 0 Å². The first kappa shape index (κ1) is 7.54. The van der Waals surface area contributed by atoms with Crippen LogP contribution in [0.5, 0.6) is 0 Å². The van der Waals surface area contributed by atoms with E-state index in [0.29, 0.717) is 25.9 Å². The summed E-state index contributed by atoms with van der Waals surface area (Å²) in [6.07, 6.45) is 0.815. The van der Waals surface area contributed by atoms with Crippen molar-refractivity contribution in [3.05, 3.63) is 0 Å². The van der Waals surface area contributed by atoms with Crippen LogP contribution in [0.2, 0.25) is 0 Å². The largest absolute Gasteiger partial charge is 0.343 e. The molecule has 1 heterocycles. The smallest absolute Gasteiger partial charge is 0.219 e. The number of piperidine rings is 1. The molecule has 1 aliphatic heterocycles. The third kappa shape index (κ3) is 1.70. The number of carbonyl (C=O) groups is 1. The summed E-state index contributed by atoms with van der Waals surface area (Å²) in [6, 6.07) is 0. The van der Waals surface area contributed by atoms with Crippen LogP contribution in [0.1, 0.15) is 19.8 Å². The minimum absolute atomic E-state index is 0.0897. The molecule has 1 fully saturated rings. The van der Waals surface area contributed by atoms with E-state index < -0.39 is 6.10 Å². The fourth-order valence-corrected chi connectivity index (χ4v) is 1.17. The van der Waals surface area contributed by atoms with Gasteiger partial charge in [-0.2, -0.15) is 0 Å². The van der Waals surface area contributed by atoms with Gasteiger partial charge in [-0.1, -0.05) is 0 Å². The zero-order valence-electron chi connectivity index (χ0n) is 6.17. The Morgan fingerprint density at radius 3 is 2.30 bits per heavy atom. The predicted octanol–water partition coefficient (Wildman–Crippen LogP) is 0.428. The topological polar surface area (TPSA) is 40.2 Å². The minimum atomic E-state index is -0.435. The number of amides is 1. The van der Waals surface area contributed by atoms with Crippen LogP contribution >= 0.6 is 0 Å². The maximum Gasteiger partial charge on any atom is 0.219 e. The third-order valence-electron chi connectivity index (χ3n) is 1.89. The average molecular weight is 142 g/mol. The normalized spacial score (nSPS) is 21.2. The van der Waals surface area contributed by atoms with Crippen molar-refractivity contribution in [3.63, 3.8) is 0 Å². The molecule has 0 atom stereocenters. The molecule has 3 heteroatoms. The SMILES string of the molecule is CC(=O)N1CCC([O])CC1. The highest BCUT2D eigenvalue weighted by Gasteiger charge is 2.19. The van der Waals surface area contributed by atoms with E-state index in [0.717, 1.165) is 0 Å². The fourth-order valence-electron chi connectivity index (χ4n) is 1.17. The standard InChI is InChI=1S/C7H12NO2/c1-6(9)8-4-2-7(10)3-5-8/h7H,2-5H2,1H3. The fraction of sp³-hybridized carbons (Fsp3) is 0.857. The van der Waals surface area contributed by atoms with Gasteiger partial charge in [0, 0.05) is 20.0 Å². The van der Waals surface area contributed by atoms with E-state index in [-0.39, 0.29) is 5.91 Å². The Labute approximate surface area is 60.6 Å². The molecule has 0 aromatic carbocycles. The summed E-state index contributed by atoms with van der Waals surface area (Å²) >= 11 is 0. The quantitative estimate of drug-likeness (QED) is 0.483. The van der Waals surface area contributed by atoms with Crippen molar-refractivity contribution in [2.75, 3.05) is 13.1 Å². The van der Waals surface area contributed by atoms with Crippen molar-refractivity contribution in [1.82, 2.24) is 4.90 Å². The van der Waals surface area contributed by atoms with E-state index in [9.17, 15) is 9.90 Å². The van der Waals surface area contributed by atoms with Crippen molar-refractivity contribution in [1.29, 1.82) is 0 Å². The first-order chi connectivity index (χ1) is 4.70. The van der Waals surface area contributed by atoms with E-state index in [2.05, 4.69) is 0 Å². The molecule has 0 aromatic rings. The van der Waals surface area contributed by atoms with Gasteiger partial charge < -0.3 is 4.90 Å². The van der Waals surface area contributed by atoms with Gasteiger partial charge in [0.2, 0.25) is 5.91 Å². The van der Waals surface area contributed by atoms with Crippen molar-refractivity contribution in [3.8, 4) is 0 Å². The Morgan fingerprint density at radius 2 is 1.90 bits per heavy atom. The molecule has 10 heavy (non-hydrogen) atoms. The molecule has 3 nitrogen and oxygen atoms in total. The zero-order valence-corrected chi connectivity index (χ0v) is 6.17. The van der Waals surface area contributed by atoms with E-state index in [1.165, 1.54) is 0 Å². The van der Waals surface area contributed by atoms with Crippen LogP contribution in [0.3, 0.4) is 0 Å². The van der Waals surface area contributed by atoms with Crippen LogP contribution in [0.15, 0.2) is 0 Å². The lowest BCUT2D eigenvalue weighted by atomic mass is 10.1. The third-order valence-corrected chi connectivity index (χ3v) is 1.89. The summed E-state index contributed by atoms with van der Waals surface area (Å²) in [5, 5.41) is 10.8. The number of likely N-dealkylation sites (tertiary alicyclic amines) is 1. The van der Waals surface area contributed by atoms with E-state index in [1.54, 1.807) is 11.8 Å². The van der Waals surface area contributed by atoms with E-state index in [4.69, 9.17) is 0 Å². The van der Waals surface area contributed by atoms with Gasteiger partial charge in [0.25, 0.3) is 0 Å². The summed E-state index contributed by atoms with van der Waals surface area (Å²) in [4.78, 5) is 12.5.